The van der Waals surface area contributed by atoms with Crippen molar-refractivity contribution in [1.82, 2.24) is 9.80 Å². The fraction of sp³-hybridized carbons (Fsp3) is 0.303. The molecule has 0 spiro atoms. The van der Waals surface area contributed by atoms with Crippen LogP contribution < -0.4 is 14.2 Å². The van der Waals surface area contributed by atoms with Crippen LogP contribution in [0.25, 0.3) is 17.2 Å². The number of hydrogen-bond donors (Lipinski definition) is 1. The standard InChI is InChI=1S/C33H32Cl2N2O7S2/c1-41-29-19-23(32(39)40)5-8-28(29)43-13-2-9-37-31(38)30(46-33(37)45)20-24-17-21(22-3-6-25(34)26(35)18-22)4-7-27(24)44-16-12-36-10-14-42-15-11-36/h3-8,17-20H,2,9-16H2,1H3,(H,39,40). The number of carbonyl (C=O) groups excluding carboxylic acids is 1. The van der Waals surface area contributed by atoms with E-state index in [0.29, 0.717) is 69.3 Å². The molecule has 46 heavy (non-hydrogen) atoms. The van der Waals surface area contributed by atoms with E-state index in [4.69, 9.17) is 54.4 Å². The smallest absolute Gasteiger partial charge is 0.335 e. The van der Waals surface area contributed by atoms with Gasteiger partial charge in [0.25, 0.3) is 5.91 Å². The molecule has 0 radical (unpaired) electrons. The van der Waals surface area contributed by atoms with Gasteiger partial charge in [0.2, 0.25) is 0 Å². The van der Waals surface area contributed by atoms with E-state index in [1.54, 1.807) is 23.1 Å². The minimum atomic E-state index is -1.06. The van der Waals surface area contributed by atoms with E-state index in [2.05, 4.69) is 4.90 Å². The van der Waals surface area contributed by atoms with Gasteiger partial charge in [0.15, 0.2) is 11.5 Å². The fourth-order valence-corrected chi connectivity index (χ4v) is 6.51. The molecule has 1 N–H and O–H groups in total. The molecule has 2 aliphatic rings. The minimum absolute atomic E-state index is 0.0988. The summed E-state index contributed by atoms with van der Waals surface area (Å²) >= 11 is 19.3. The number of carboxylic acid groups (broad SMARTS) is 1. The Morgan fingerprint density at radius 1 is 0.957 bits per heavy atom. The summed E-state index contributed by atoms with van der Waals surface area (Å²) in [4.78, 5) is 29.1. The summed E-state index contributed by atoms with van der Waals surface area (Å²) in [6.45, 7) is 5.02. The van der Waals surface area contributed by atoms with Crippen LogP contribution in [0.5, 0.6) is 17.2 Å². The normalized spacial score (nSPS) is 16.2. The van der Waals surface area contributed by atoms with Crippen molar-refractivity contribution in [2.24, 2.45) is 0 Å². The van der Waals surface area contributed by atoms with Gasteiger partial charge in [0.1, 0.15) is 16.7 Å². The Morgan fingerprint density at radius 2 is 1.67 bits per heavy atom. The van der Waals surface area contributed by atoms with Gasteiger partial charge in [-0.3, -0.25) is 14.6 Å². The minimum Gasteiger partial charge on any atom is -0.493 e. The van der Waals surface area contributed by atoms with E-state index in [1.165, 1.54) is 31.0 Å². The second-order valence-corrected chi connectivity index (χ2v) is 12.9. The quantitative estimate of drug-likeness (QED) is 0.117. The molecular weight excluding hydrogens is 671 g/mol. The highest BCUT2D eigenvalue weighted by Gasteiger charge is 2.32. The van der Waals surface area contributed by atoms with Crippen LogP contribution in [0.1, 0.15) is 22.3 Å². The molecule has 2 aliphatic heterocycles. The van der Waals surface area contributed by atoms with Gasteiger partial charge in [-0.1, -0.05) is 59.3 Å². The highest BCUT2D eigenvalue weighted by molar-refractivity contribution is 8.26. The highest BCUT2D eigenvalue weighted by atomic mass is 35.5. The number of benzene rings is 3. The van der Waals surface area contributed by atoms with Crippen LogP contribution in [0.15, 0.2) is 59.5 Å². The molecule has 9 nitrogen and oxygen atoms in total. The highest BCUT2D eigenvalue weighted by Crippen LogP contribution is 2.37. The third-order valence-corrected chi connectivity index (χ3v) is 9.50. The van der Waals surface area contributed by atoms with Gasteiger partial charge in [-0.25, -0.2) is 4.79 Å². The summed E-state index contributed by atoms with van der Waals surface area (Å²) in [5.74, 6) is 0.136. The summed E-state index contributed by atoms with van der Waals surface area (Å²) in [5, 5.41) is 10.1. The molecule has 2 fully saturated rings. The molecule has 13 heteroatoms. The number of nitrogens with zero attached hydrogens (tertiary/aromatic N) is 2. The number of carboxylic acids is 1. The molecule has 0 saturated carbocycles. The Morgan fingerprint density at radius 3 is 2.41 bits per heavy atom. The van der Waals surface area contributed by atoms with Crippen molar-refractivity contribution in [2.45, 2.75) is 6.42 Å². The van der Waals surface area contributed by atoms with E-state index in [1.807, 2.05) is 30.3 Å². The average molecular weight is 704 g/mol. The maximum atomic E-state index is 13.5. The first-order valence-electron chi connectivity index (χ1n) is 14.6. The van der Waals surface area contributed by atoms with Crippen LogP contribution >= 0.6 is 47.2 Å². The lowest BCUT2D eigenvalue weighted by Gasteiger charge is -2.26. The van der Waals surface area contributed by atoms with Crippen molar-refractivity contribution in [1.29, 1.82) is 0 Å². The zero-order chi connectivity index (χ0) is 32.6. The number of aromatic carboxylic acids is 1. The van der Waals surface area contributed by atoms with Crippen molar-refractivity contribution in [2.75, 3.05) is 59.7 Å². The number of rotatable bonds is 13. The molecular formula is C33H32Cl2N2O7S2. The average Bonchev–Trinajstić information content (AvgIpc) is 3.32. The van der Waals surface area contributed by atoms with Crippen molar-refractivity contribution >= 4 is 69.5 Å². The number of hydrogen-bond acceptors (Lipinski definition) is 9. The predicted octanol–water partition coefficient (Wildman–Crippen LogP) is 6.75. The number of halogens is 2. The topological polar surface area (TPSA) is 97.8 Å². The van der Waals surface area contributed by atoms with E-state index in [0.717, 1.165) is 36.3 Å². The largest absolute Gasteiger partial charge is 0.493 e. The summed E-state index contributed by atoms with van der Waals surface area (Å²) < 4.78 is 23.2. The first kappa shape index (κ1) is 34.0. The van der Waals surface area contributed by atoms with Gasteiger partial charge >= 0.3 is 5.97 Å². The Hall–Kier alpha value is -3.32. The Labute approximate surface area is 286 Å². The van der Waals surface area contributed by atoms with E-state index in [-0.39, 0.29) is 18.1 Å². The zero-order valence-corrected chi connectivity index (χ0v) is 28.1. The van der Waals surface area contributed by atoms with Crippen molar-refractivity contribution in [3.8, 4) is 28.4 Å². The Balaban J connectivity index is 1.28. The van der Waals surface area contributed by atoms with E-state index in [9.17, 15) is 14.7 Å². The molecule has 0 unspecified atom stereocenters. The number of methoxy groups -OCH3 is 1. The molecule has 5 rings (SSSR count). The third kappa shape index (κ3) is 8.52. The molecule has 3 aromatic carbocycles. The number of morpholine rings is 1. The number of thiocarbonyl (C=S) groups is 1. The van der Waals surface area contributed by atoms with E-state index >= 15 is 0 Å². The second-order valence-electron chi connectivity index (χ2n) is 10.4. The lowest BCUT2D eigenvalue weighted by atomic mass is 10.0. The van der Waals surface area contributed by atoms with Crippen LogP contribution in [0.2, 0.25) is 10.0 Å². The molecule has 0 aliphatic carbocycles. The third-order valence-electron chi connectivity index (χ3n) is 7.39. The Bertz CT molecular complexity index is 1650. The van der Waals surface area contributed by atoms with Crippen LogP contribution in [0, 0.1) is 0 Å². The maximum absolute atomic E-state index is 13.5. The predicted molar refractivity (Wildman–Crippen MR) is 185 cm³/mol. The molecule has 0 aromatic heterocycles. The lowest BCUT2D eigenvalue weighted by Crippen LogP contribution is -2.38. The number of amides is 1. The van der Waals surface area contributed by atoms with Crippen LogP contribution in [0.4, 0.5) is 0 Å². The van der Waals surface area contributed by atoms with Crippen LogP contribution in [-0.2, 0) is 9.53 Å². The molecule has 3 aromatic rings. The molecule has 2 heterocycles. The zero-order valence-electron chi connectivity index (χ0n) is 25.0. The molecule has 2 saturated heterocycles. The van der Waals surface area contributed by atoms with Gasteiger partial charge in [-0.05, 0) is 66.1 Å². The van der Waals surface area contributed by atoms with Crippen molar-refractivity contribution in [3.05, 3.63) is 80.7 Å². The molecule has 0 atom stereocenters. The summed E-state index contributed by atoms with van der Waals surface area (Å²) in [6.07, 6.45) is 2.31. The number of ether oxygens (including phenoxy) is 4. The summed E-state index contributed by atoms with van der Waals surface area (Å²) in [6, 6.07) is 15.7. The first-order valence-corrected chi connectivity index (χ1v) is 16.5. The number of carbonyl (C=O) groups is 2. The molecule has 0 bridgehead atoms. The van der Waals surface area contributed by atoms with Gasteiger partial charge in [0, 0.05) is 31.7 Å². The molecule has 242 valence electrons. The van der Waals surface area contributed by atoms with Crippen molar-refractivity contribution < 1.29 is 33.6 Å². The van der Waals surface area contributed by atoms with Gasteiger partial charge in [0.05, 0.1) is 47.4 Å². The van der Waals surface area contributed by atoms with E-state index < -0.39 is 5.97 Å². The van der Waals surface area contributed by atoms with Crippen LogP contribution in [0.3, 0.4) is 0 Å². The maximum Gasteiger partial charge on any atom is 0.335 e. The fourth-order valence-electron chi connectivity index (χ4n) is 4.92. The first-order chi connectivity index (χ1) is 22.2. The second kappa shape index (κ2) is 16.0. The lowest BCUT2D eigenvalue weighted by molar-refractivity contribution is -0.122. The van der Waals surface area contributed by atoms with Crippen molar-refractivity contribution in [3.63, 3.8) is 0 Å². The van der Waals surface area contributed by atoms with Gasteiger partial charge in [-0.15, -0.1) is 0 Å². The number of thioether (sulfide) groups is 1. The Kier molecular flexibility index (Phi) is 11.8. The summed E-state index contributed by atoms with van der Waals surface area (Å²) in [5.41, 5.74) is 2.61. The molecule has 1 amide bonds. The van der Waals surface area contributed by atoms with Crippen LogP contribution in [-0.4, -0.2) is 90.8 Å². The SMILES string of the molecule is COc1cc(C(=O)O)ccc1OCCCN1C(=O)C(=Cc2cc(-c3ccc(Cl)c(Cl)c3)ccc2OCCN2CCOCC2)SC1=S. The van der Waals surface area contributed by atoms with Gasteiger partial charge < -0.3 is 24.1 Å². The van der Waals surface area contributed by atoms with Gasteiger partial charge in [-0.2, -0.15) is 0 Å². The summed E-state index contributed by atoms with van der Waals surface area (Å²) in [7, 11) is 1.45. The monoisotopic (exact) mass is 702 g/mol.